The molecule has 1 fully saturated rings. The standard InChI is InChI=1S/C21H20ClFN4O4S2/c22-16-4-2-1-3-15(16)19(28)25-20(29)26-21-24-17-6-5-14(11-18(17)32-21)33(30,31)10-9-27-8-7-13(23)12-27/h1-6,11,13H,7-10,12H2,(H2,24,25,26,28,29)/t13-/m0/s1. The summed E-state index contributed by atoms with van der Waals surface area (Å²) >= 11 is 7.04. The zero-order chi connectivity index (χ0) is 23.6. The van der Waals surface area contributed by atoms with Gasteiger partial charge in [0.2, 0.25) is 0 Å². The molecule has 1 aromatic heterocycles. The Labute approximate surface area is 198 Å². The molecule has 2 aromatic carbocycles. The van der Waals surface area contributed by atoms with Gasteiger partial charge in [-0.3, -0.25) is 20.3 Å². The molecule has 1 aliphatic heterocycles. The minimum atomic E-state index is -3.56. The highest BCUT2D eigenvalue weighted by Crippen LogP contribution is 2.28. The molecule has 0 saturated carbocycles. The molecule has 1 aliphatic rings. The smallest absolute Gasteiger partial charge is 0.299 e. The van der Waals surface area contributed by atoms with Crippen LogP contribution in [-0.2, 0) is 9.84 Å². The van der Waals surface area contributed by atoms with Crippen LogP contribution in [0.15, 0.2) is 47.4 Å². The zero-order valence-corrected chi connectivity index (χ0v) is 19.6. The maximum absolute atomic E-state index is 13.3. The number of alkyl halides is 1. The third kappa shape index (κ3) is 5.67. The Balaban J connectivity index is 1.41. The number of nitrogens with one attached hydrogen (secondary N) is 2. The average Bonchev–Trinajstić information content (AvgIpc) is 3.37. The van der Waals surface area contributed by atoms with E-state index in [2.05, 4.69) is 15.6 Å². The van der Waals surface area contributed by atoms with E-state index in [4.69, 9.17) is 11.6 Å². The Hall–Kier alpha value is -2.60. The average molecular weight is 511 g/mol. The quantitative estimate of drug-likeness (QED) is 0.523. The molecule has 0 aliphatic carbocycles. The monoisotopic (exact) mass is 510 g/mol. The number of carbonyl (C=O) groups excluding carboxylic acids is 2. The van der Waals surface area contributed by atoms with Crippen LogP contribution < -0.4 is 10.6 Å². The number of benzene rings is 2. The minimum Gasteiger partial charge on any atom is -0.299 e. The number of imide groups is 1. The molecule has 2 N–H and O–H groups in total. The fourth-order valence-corrected chi connectivity index (χ4v) is 5.96. The topological polar surface area (TPSA) is 108 Å². The Kier molecular flexibility index (Phi) is 6.94. The number of nitrogens with zero attached hydrogens (tertiary/aromatic N) is 2. The molecule has 1 saturated heterocycles. The third-order valence-corrected chi connectivity index (χ3v) is 8.13. The number of likely N-dealkylation sites (tertiary alicyclic amines) is 1. The summed E-state index contributed by atoms with van der Waals surface area (Å²) < 4.78 is 39.3. The van der Waals surface area contributed by atoms with Crippen LogP contribution in [0.4, 0.5) is 14.3 Å². The molecule has 1 atom stereocenters. The van der Waals surface area contributed by atoms with Crippen LogP contribution in [0.1, 0.15) is 16.8 Å². The van der Waals surface area contributed by atoms with Crippen molar-refractivity contribution in [3.8, 4) is 0 Å². The van der Waals surface area contributed by atoms with Crippen LogP contribution in [0.2, 0.25) is 5.02 Å². The number of aromatic nitrogens is 1. The molecule has 8 nitrogen and oxygen atoms in total. The first kappa shape index (κ1) is 23.6. The fraction of sp³-hybridized carbons (Fsp3) is 0.286. The number of urea groups is 1. The maximum Gasteiger partial charge on any atom is 0.327 e. The Morgan fingerprint density at radius 2 is 2.03 bits per heavy atom. The normalized spacial score (nSPS) is 16.7. The summed E-state index contributed by atoms with van der Waals surface area (Å²) in [5, 5.41) is 5.07. The number of hydrogen-bond acceptors (Lipinski definition) is 7. The lowest BCUT2D eigenvalue weighted by Crippen LogP contribution is -2.34. The highest BCUT2D eigenvalue weighted by molar-refractivity contribution is 7.91. The van der Waals surface area contributed by atoms with E-state index in [0.29, 0.717) is 23.2 Å². The number of halogens is 2. The number of hydrogen-bond donors (Lipinski definition) is 2. The van der Waals surface area contributed by atoms with Crippen LogP contribution in [0.3, 0.4) is 0 Å². The van der Waals surface area contributed by atoms with Crippen molar-refractivity contribution >= 4 is 60.1 Å². The zero-order valence-electron chi connectivity index (χ0n) is 17.3. The van der Waals surface area contributed by atoms with Gasteiger partial charge in [0.1, 0.15) is 6.17 Å². The van der Waals surface area contributed by atoms with Gasteiger partial charge in [-0.25, -0.2) is 22.6 Å². The van der Waals surface area contributed by atoms with Gasteiger partial charge in [0, 0.05) is 19.6 Å². The van der Waals surface area contributed by atoms with E-state index in [-0.39, 0.29) is 39.5 Å². The largest absolute Gasteiger partial charge is 0.327 e. The lowest BCUT2D eigenvalue weighted by molar-refractivity contribution is 0.0967. The fourth-order valence-electron chi connectivity index (χ4n) is 3.45. The van der Waals surface area contributed by atoms with Gasteiger partial charge in [0.05, 0.1) is 31.5 Å². The predicted octanol–water partition coefficient (Wildman–Crippen LogP) is 3.73. The second kappa shape index (κ2) is 9.72. The Morgan fingerprint density at radius 3 is 2.76 bits per heavy atom. The molecule has 174 valence electrons. The van der Waals surface area contributed by atoms with Crippen molar-refractivity contribution in [3.63, 3.8) is 0 Å². The summed E-state index contributed by atoms with van der Waals surface area (Å²) in [6.07, 6.45) is -0.468. The Morgan fingerprint density at radius 1 is 1.24 bits per heavy atom. The second-order valence-corrected chi connectivity index (χ2v) is 11.1. The summed E-state index contributed by atoms with van der Waals surface area (Å²) in [6, 6.07) is 10.1. The van der Waals surface area contributed by atoms with Gasteiger partial charge >= 0.3 is 6.03 Å². The first-order valence-electron chi connectivity index (χ1n) is 10.1. The molecule has 0 radical (unpaired) electrons. The van der Waals surface area contributed by atoms with E-state index >= 15 is 0 Å². The van der Waals surface area contributed by atoms with Crippen LogP contribution in [0, 0.1) is 0 Å². The number of sulfone groups is 1. The first-order valence-corrected chi connectivity index (χ1v) is 12.9. The van der Waals surface area contributed by atoms with E-state index in [1.165, 1.54) is 24.3 Å². The lowest BCUT2D eigenvalue weighted by atomic mass is 10.2. The molecule has 0 spiro atoms. The molecule has 0 bridgehead atoms. The summed E-state index contributed by atoms with van der Waals surface area (Å²) in [6.45, 7) is 1.09. The van der Waals surface area contributed by atoms with E-state index in [1.807, 2.05) is 0 Å². The van der Waals surface area contributed by atoms with Crippen molar-refractivity contribution in [3.05, 3.63) is 53.1 Å². The summed E-state index contributed by atoms with van der Waals surface area (Å²) in [5.41, 5.74) is 0.663. The maximum atomic E-state index is 13.3. The predicted molar refractivity (Wildman–Crippen MR) is 126 cm³/mol. The van der Waals surface area contributed by atoms with Crippen molar-refractivity contribution in [2.75, 3.05) is 30.7 Å². The first-order chi connectivity index (χ1) is 15.7. The van der Waals surface area contributed by atoms with Gasteiger partial charge in [-0.15, -0.1) is 0 Å². The number of anilines is 1. The van der Waals surface area contributed by atoms with Gasteiger partial charge < -0.3 is 0 Å². The van der Waals surface area contributed by atoms with E-state index < -0.39 is 27.9 Å². The summed E-state index contributed by atoms with van der Waals surface area (Å²) in [4.78, 5) is 30.6. The van der Waals surface area contributed by atoms with Gasteiger partial charge in [-0.1, -0.05) is 35.1 Å². The Bertz CT molecular complexity index is 1310. The van der Waals surface area contributed by atoms with Crippen molar-refractivity contribution in [2.45, 2.75) is 17.5 Å². The summed E-state index contributed by atoms with van der Waals surface area (Å²) in [5.74, 6) is -0.772. The van der Waals surface area contributed by atoms with E-state index in [9.17, 15) is 22.4 Å². The second-order valence-electron chi connectivity index (χ2n) is 7.54. The molecule has 12 heteroatoms. The van der Waals surface area contributed by atoms with Crippen molar-refractivity contribution in [2.24, 2.45) is 0 Å². The highest BCUT2D eigenvalue weighted by atomic mass is 35.5. The molecular formula is C21H20ClFN4O4S2. The molecule has 3 aromatic rings. The van der Waals surface area contributed by atoms with Gasteiger partial charge in [0.25, 0.3) is 5.91 Å². The van der Waals surface area contributed by atoms with Crippen LogP contribution >= 0.6 is 22.9 Å². The molecule has 4 rings (SSSR count). The van der Waals surface area contributed by atoms with Gasteiger partial charge in [-0.2, -0.15) is 0 Å². The summed E-state index contributed by atoms with van der Waals surface area (Å²) in [7, 11) is -3.56. The van der Waals surface area contributed by atoms with E-state index in [0.717, 1.165) is 11.3 Å². The third-order valence-electron chi connectivity index (χ3n) is 5.18. The van der Waals surface area contributed by atoms with Crippen molar-refractivity contribution in [1.29, 1.82) is 0 Å². The molecular weight excluding hydrogens is 491 g/mol. The minimum absolute atomic E-state index is 0.109. The van der Waals surface area contributed by atoms with Crippen LogP contribution in [0.5, 0.6) is 0 Å². The number of thiazole rings is 1. The number of fused-ring (bicyclic) bond motifs is 1. The van der Waals surface area contributed by atoms with Crippen molar-refractivity contribution < 1.29 is 22.4 Å². The number of rotatable bonds is 6. The van der Waals surface area contributed by atoms with Crippen LogP contribution in [0.25, 0.3) is 10.2 Å². The highest BCUT2D eigenvalue weighted by Gasteiger charge is 2.24. The van der Waals surface area contributed by atoms with E-state index in [1.54, 1.807) is 23.1 Å². The lowest BCUT2D eigenvalue weighted by Gasteiger charge is -2.14. The number of carbonyl (C=O) groups is 2. The molecule has 0 unspecified atom stereocenters. The van der Waals surface area contributed by atoms with Gasteiger partial charge in [-0.05, 0) is 36.8 Å². The molecule has 2 heterocycles. The van der Waals surface area contributed by atoms with Crippen molar-refractivity contribution in [1.82, 2.24) is 15.2 Å². The SMILES string of the molecule is O=C(NC(=O)c1ccccc1Cl)Nc1nc2ccc(S(=O)(=O)CCN3CC[C@H](F)C3)cc2s1. The van der Waals surface area contributed by atoms with Gasteiger partial charge in [0.15, 0.2) is 15.0 Å². The molecule has 3 amide bonds. The number of amides is 3. The van der Waals surface area contributed by atoms with Crippen LogP contribution in [-0.4, -0.2) is 61.8 Å². The molecule has 33 heavy (non-hydrogen) atoms.